The number of pyridine rings is 3. The van der Waals surface area contributed by atoms with E-state index in [9.17, 15) is 9.59 Å². The van der Waals surface area contributed by atoms with E-state index in [4.69, 9.17) is 5.11 Å². The Bertz CT molecular complexity index is 1250. The molecule has 5 rings (SSSR count). The van der Waals surface area contributed by atoms with E-state index in [2.05, 4.69) is 36.1 Å². The van der Waals surface area contributed by atoms with Crippen molar-refractivity contribution in [3.05, 3.63) is 58.1 Å². The largest absolute Gasteiger partial charge is 0.465 e. The fourth-order valence-corrected chi connectivity index (χ4v) is 4.86. The van der Waals surface area contributed by atoms with Crippen LogP contribution in [0.15, 0.2) is 41.5 Å². The van der Waals surface area contributed by atoms with Crippen LogP contribution >= 0.6 is 0 Å². The number of likely N-dealkylation sites (tertiary alicyclic amines) is 1. The van der Waals surface area contributed by atoms with Gasteiger partial charge in [0.1, 0.15) is 5.82 Å². The zero-order valence-corrected chi connectivity index (χ0v) is 19.9. The Balaban J connectivity index is 1.14. The normalized spacial score (nSPS) is 18.8. The maximum Gasteiger partial charge on any atom is 0.407 e. The summed E-state index contributed by atoms with van der Waals surface area (Å²) in [5.74, 6) is 0.775. The quantitative estimate of drug-likeness (QED) is 0.495. The Morgan fingerprint density at radius 1 is 1.14 bits per heavy atom. The average Bonchev–Trinajstić information content (AvgIpc) is 3.33. The number of nitrogens with one attached hydrogen (secondary N) is 2. The first-order chi connectivity index (χ1) is 17.0. The first-order valence-corrected chi connectivity index (χ1v) is 12.2. The van der Waals surface area contributed by atoms with Crippen LogP contribution in [-0.4, -0.2) is 81.3 Å². The van der Waals surface area contributed by atoms with Crippen LogP contribution in [-0.2, 0) is 13.0 Å². The summed E-state index contributed by atoms with van der Waals surface area (Å²) >= 11 is 0. The van der Waals surface area contributed by atoms with Crippen LogP contribution in [0.25, 0.3) is 11.0 Å². The Kier molecular flexibility index (Phi) is 6.54. The highest BCUT2D eigenvalue weighted by Crippen LogP contribution is 2.20. The fraction of sp³-hybridized carbons (Fsp3) is 0.440. The second-order valence-corrected chi connectivity index (χ2v) is 9.28. The minimum Gasteiger partial charge on any atom is -0.465 e. The van der Waals surface area contributed by atoms with E-state index >= 15 is 0 Å². The van der Waals surface area contributed by atoms with Gasteiger partial charge in [-0.25, -0.2) is 9.78 Å². The topological polar surface area (TPSA) is 118 Å². The van der Waals surface area contributed by atoms with E-state index in [0.717, 1.165) is 72.8 Å². The highest BCUT2D eigenvalue weighted by Gasteiger charge is 2.26. The molecule has 2 saturated heterocycles. The number of anilines is 2. The van der Waals surface area contributed by atoms with Crippen LogP contribution < -0.4 is 15.8 Å². The minimum absolute atomic E-state index is 0.0344. The number of aryl methyl sites for hydroxylation is 1. The number of amides is 1. The standard InChI is InChI=1S/C25H31N7O3/c1-2-18-12-21-22(29-24(18)33)11-17(13-26-21)15-30-7-9-31(10-8-30)20-3-4-23(27-14-20)28-19-5-6-32(16-19)25(34)35/h3-4,11-14,19H,2,5-10,15-16H2,1H3,(H,27,28)(H,29,33)(H,34,35). The lowest BCUT2D eigenvalue weighted by atomic mass is 10.1. The Morgan fingerprint density at radius 3 is 2.66 bits per heavy atom. The van der Waals surface area contributed by atoms with Crippen molar-refractivity contribution >= 4 is 28.6 Å². The molecule has 1 unspecified atom stereocenters. The van der Waals surface area contributed by atoms with Crippen molar-refractivity contribution in [2.45, 2.75) is 32.4 Å². The molecule has 0 radical (unpaired) electrons. The summed E-state index contributed by atoms with van der Waals surface area (Å²) in [6, 6.07) is 8.05. The first kappa shape index (κ1) is 23.1. The molecule has 3 aromatic rings. The number of carbonyl (C=O) groups is 1. The molecule has 0 aromatic carbocycles. The summed E-state index contributed by atoms with van der Waals surface area (Å²) in [6.07, 6.45) is 4.41. The Morgan fingerprint density at radius 2 is 1.97 bits per heavy atom. The third kappa shape index (κ3) is 5.22. The number of aromatic nitrogens is 3. The lowest BCUT2D eigenvalue weighted by molar-refractivity contribution is 0.155. The molecule has 2 fully saturated rings. The number of rotatable bonds is 6. The molecule has 0 aliphatic carbocycles. The molecule has 5 heterocycles. The van der Waals surface area contributed by atoms with Gasteiger partial charge in [0.05, 0.1) is 22.9 Å². The zero-order chi connectivity index (χ0) is 24.4. The van der Waals surface area contributed by atoms with Crippen LogP contribution in [0.4, 0.5) is 16.3 Å². The molecule has 2 aliphatic rings. The van der Waals surface area contributed by atoms with Crippen LogP contribution in [0.1, 0.15) is 24.5 Å². The number of carboxylic acid groups (broad SMARTS) is 1. The Hall–Kier alpha value is -3.66. The predicted octanol–water partition coefficient (Wildman–Crippen LogP) is 2.37. The summed E-state index contributed by atoms with van der Waals surface area (Å²) in [7, 11) is 0. The zero-order valence-electron chi connectivity index (χ0n) is 19.9. The van der Waals surface area contributed by atoms with Crippen LogP contribution in [0.5, 0.6) is 0 Å². The summed E-state index contributed by atoms with van der Waals surface area (Å²) in [5.41, 5.74) is 4.52. The van der Waals surface area contributed by atoms with Crippen molar-refractivity contribution < 1.29 is 9.90 Å². The van der Waals surface area contributed by atoms with Gasteiger partial charge in [-0.3, -0.25) is 14.7 Å². The summed E-state index contributed by atoms with van der Waals surface area (Å²) in [6.45, 7) is 7.48. The molecular weight excluding hydrogens is 446 g/mol. The lowest BCUT2D eigenvalue weighted by Gasteiger charge is -2.36. The van der Waals surface area contributed by atoms with Crippen LogP contribution in [0, 0.1) is 0 Å². The molecule has 3 aromatic heterocycles. The number of aromatic amines is 1. The molecule has 0 bridgehead atoms. The number of hydrogen-bond donors (Lipinski definition) is 3. The Labute approximate surface area is 203 Å². The summed E-state index contributed by atoms with van der Waals surface area (Å²) in [5, 5.41) is 12.4. The molecule has 0 saturated carbocycles. The smallest absolute Gasteiger partial charge is 0.407 e. The molecule has 10 nitrogen and oxygen atoms in total. The first-order valence-electron chi connectivity index (χ1n) is 12.2. The molecule has 2 aliphatic heterocycles. The van der Waals surface area contributed by atoms with Crippen molar-refractivity contribution in [1.29, 1.82) is 0 Å². The third-order valence-electron chi connectivity index (χ3n) is 6.91. The molecule has 3 N–H and O–H groups in total. The highest BCUT2D eigenvalue weighted by molar-refractivity contribution is 5.74. The molecule has 1 amide bonds. The van der Waals surface area contributed by atoms with Gasteiger partial charge in [-0.05, 0) is 42.7 Å². The van der Waals surface area contributed by atoms with E-state index in [0.29, 0.717) is 19.5 Å². The SMILES string of the molecule is CCc1cc2ncc(CN3CCN(c4ccc(NC5CCN(C(=O)O)C5)nc4)CC3)cc2[nH]c1=O. The van der Waals surface area contributed by atoms with Crippen molar-refractivity contribution in [1.82, 2.24) is 24.8 Å². The molecule has 0 spiro atoms. The summed E-state index contributed by atoms with van der Waals surface area (Å²) < 4.78 is 0. The monoisotopic (exact) mass is 477 g/mol. The van der Waals surface area contributed by atoms with Gasteiger partial charge in [-0.1, -0.05) is 6.92 Å². The van der Waals surface area contributed by atoms with Gasteiger partial charge < -0.3 is 25.2 Å². The van der Waals surface area contributed by atoms with Gasteiger partial charge in [0.25, 0.3) is 5.56 Å². The third-order valence-corrected chi connectivity index (χ3v) is 6.91. The summed E-state index contributed by atoms with van der Waals surface area (Å²) in [4.78, 5) is 41.5. The van der Waals surface area contributed by atoms with Crippen molar-refractivity contribution in [2.24, 2.45) is 0 Å². The van der Waals surface area contributed by atoms with Gasteiger partial charge >= 0.3 is 6.09 Å². The highest BCUT2D eigenvalue weighted by atomic mass is 16.4. The van der Waals surface area contributed by atoms with E-state index in [1.54, 1.807) is 0 Å². The second kappa shape index (κ2) is 9.91. The van der Waals surface area contributed by atoms with Gasteiger partial charge in [0, 0.05) is 63.6 Å². The maximum absolute atomic E-state index is 12.1. The molecule has 184 valence electrons. The number of nitrogens with zero attached hydrogens (tertiary/aromatic N) is 5. The van der Waals surface area contributed by atoms with E-state index in [1.165, 1.54) is 4.90 Å². The van der Waals surface area contributed by atoms with Gasteiger partial charge in [-0.2, -0.15) is 0 Å². The van der Waals surface area contributed by atoms with E-state index in [-0.39, 0.29) is 11.6 Å². The van der Waals surface area contributed by atoms with Crippen LogP contribution in [0.3, 0.4) is 0 Å². The van der Waals surface area contributed by atoms with Gasteiger partial charge in [-0.15, -0.1) is 0 Å². The number of H-pyrrole nitrogens is 1. The van der Waals surface area contributed by atoms with Crippen LogP contribution in [0.2, 0.25) is 0 Å². The van der Waals surface area contributed by atoms with Crippen molar-refractivity contribution in [2.75, 3.05) is 49.5 Å². The average molecular weight is 478 g/mol. The van der Waals surface area contributed by atoms with E-state index in [1.807, 2.05) is 37.5 Å². The fourth-order valence-electron chi connectivity index (χ4n) is 4.86. The molecule has 1 atom stereocenters. The molecule has 35 heavy (non-hydrogen) atoms. The molecular formula is C25H31N7O3. The second-order valence-electron chi connectivity index (χ2n) is 9.28. The number of fused-ring (bicyclic) bond motifs is 1. The van der Waals surface area contributed by atoms with Gasteiger partial charge in [0.15, 0.2) is 0 Å². The van der Waals surface area contributed by atoms with Gasteiger partial charge in [0.2, 0.25) is 0 Å². The lowest BCUT2D eigenvalue weighted by Crippen LogP contribution is -2.46. The maximum atomic E-state index is 12.1. The van der Waals surface area contributed by atoms with Crippen molar-refractivity contribution in [3.8, 4) is 0 Å². The van der Waals surface area contributed by atoms with E-state index < -0.39 is 6.09 Å². The minimum atomic E-state index is -0.867. The number of hydrogen-bond acceptors (Lipinski definition) is 7. The molecule has 10 heteroatoms. The van der Waals surface area contributed by atoms with Crippen molar-refractivity contribution in [3.63, 3.8) is 0 Å². The number of piperazine rings is 1. The predicted molar refractivity (Wildman–Crippen MR) is 135 cm³/mol.